The van der Waals surface area contributed by atoms with E-state index in [0.717, 1.165) is 38.4 Å². The Morgan fingerprint density at radius 3 is 2.67 bits per heavy atom. The largest absolute Gasteiger partial charge is 0.450 e. The number of nitrogens with zero attached hydrogens (tertiary/aromatic N) is 1. The number of rotatable bonds is 4. The van der Waals surface area contributed by atoms with Crippen molar-refractivity contribution in [1.29, 1.82) is 0 Å². The van der Waals surface area contributed by atoms with Crippen LogP contribution in [0.2, 0.25) is 5.02 Å². The molecule has 0 radical (unpaired) electrons. The van der Waals surface area contributed by atoms with Crippen LogP contribution in [0, 0.1) is 0 Å². The first-order valence-corrected chi connectivity index (χ1v) is 10.5. The molecule has 1 amide bonds. The van der Waals surface area contributed by atoms with Gasteiger partial charge in [-0.15, -0.1) is 0 Å². The van der Waals surface area contributed by atoms with Crippen LogP contribution in [0.5, 0.6) is 0 Å². The van der Waals surface area contributed by atoms with E-state index in [9.17, 15) is 9.59 Å². The second-order valence-corrected chi connectivity index (χ2v) is 8.18. The second-order valence-electron chi connectivity index (χ2n) is 7.74. The van der Waals surface area contributed by atoms with Crippen LogP contribution in [-0.4, -0.2) is 50.2 Å². The van der Waals surface area contributed by atoms with E-state index in [0.29, 0.717) is 28.1 Å². The molecule has 2 aliphatic heterocycles. The van der Waals surface area contributed by atoms with Gasteiger partial charge in [-0.05, 0) is 29.8 Å². The van der Waals surface area contributed by atoms with Gasteiger partial charge >= 0.3 is 0 Å². The maximum absolute atomic E-state index is 13.4. The summed E-state index contributed by atoms with van der Waals surface area (Å²) in [4.78, 5) is 29.9. The lowest BCUT2D eigenvalue weighted by Gasteiger charge is -2.29. The molecule has 7 heteroatoms. The molecule has 30 heavy (non-hydrogen) atoms. The third-order valence-electron chi connectivity index (χ3n) is 5.94. The molecule has 1 atom stereocenters. The van der Waals surface area contributed by atoms with E-state index in [1.54, 1.807) is 35.2 Å². The van der Waals surface area contributed by atoms with E-state index in [4.69, 9.17) is 20.8 Å². The predicted molar refractivity (Wildman–Crippen MR) is 113 cm³/mol. The summed E-state index contributed by atoms with van der Waals surface area (Å²) in [5.41, 5.74) is 1.48. The zero-order valence-electron chi connectivity index (χ0n) is 16.4. The first-order chi connectivity index (χ1) is 14.6. The van der Waals surface area contributed by atoms with Gasteiger partial charge in [0.05, 0.1) is 43.3 Å². The summed E-state index contributed by atoms with van der Waals surface area (Å²) in [6.45, 7) is 4.59. The topological polar surface area (TPSA) is 64.2 Å². The third kappa shape index (κ3) is 3.31. The standard InChI is InChI=1S/C23H21ClN2O4/c24-16-5-3-4-15(14-16)20-19-21(27)17-6-1-2-7-18(17)30-22(19)23(28)26(20)9-8-25-10-12-29-13-11-25/h1-7,14,20H,8-13H2/p+1/t20-/m1/s1. The monoisotopic (exact) mass is 425 g/mol. The molecule has 1 saturated heterocycles. The van der Waals surface area contributed by atoms with Crippen LogP contribution >= 0.6 is 11.6 Å². The van der Waals surface area contributed by atoms with Gasteiger partial charge < -0.3 is 19.0 Å². The van der Waals surface area contributed by atoms with Gasteiger partial charge in [0.2, 0.25) is 5.76 Å². The number of morpholine rings is 1. The number of fused-ring (bicyclic) bond motifs is 2. The number of amides is 1. The minimum atomic E-state index is -0.507. The summed E-state index contributed by atoms with van der Waals surface area (Å²) < 4.78 is 11.4. The van der Waals surface area contributed by atoms with E-state index in [1.165, 1.54) is 4.90 Å². The van der Waals surface area contributed by atoms with E-state index < -0.39 is 6.04 Å². The second kappa shape index (κ2) is 7.87. The highest BCUT2D eigenvalue weighted by Gasteiger charge is 2.43. The molecule has 0 bridgehead atoms. The Morgan fingerprint density at radius 2 is 1.87 bits per heavy atom. The van der Waals surface area contributed by atoms with Crippen molar-refractivity contribution < 1.29 is 18.8 Å². The molecule has 2 aliphatic rings. The van der Waals surface area contributed by atoms with Gasteiger partial charge in [-0.1, -0.05) is 35.9 Å². The maximum atomic E-state index is 13.4. The number of quaternary nitrogens is 1. The lowest BCUT2D eigenvalue weighted by atomic mass is 9.98. The Hall–Kier alpha value is -2.67. The van der Waals surface area contributed by atoms with Crippen molar-refractivity contribution in [3.63, 3.8) is 0 Å². The smallest absolute Gasteiger partial charge is 0.291 e. The summed E-state index contributed by atoms with van der Waals surface area (Å²) in [5.74, 6) is -0.105. The molecule has 5 rings (SSSR count). The van der Waals surface area contributed by atoms with Gasteiger partial charge in [0.25, 0.3) is 5.91 Å². The lowest BCUT2D eigenvalue weighted by molar-refractivity contribution is -0.907. The fraction of sp³-hybridized carbons (Fsp3) is 0.304. The highest BCUT2D eigenvalue weighted by molar-refractivity contribution is 6.30. The highest BCUT2D eigenvalue weighted by Crippen LogP contribution is 2.38. The Bertz CT molecular complexity index is 1170. The number of ether oxygens (including phenoxy) is 1. The minimum absolute atomic E-state index is 0.139. The minimum Gasteiger partial charge on any atom is -0.450 e. The number of nitrogens with one attached hydrogen (secondary N) is 1. The first-order valence-electron chi connectivity index (χ1n) is 10.2. The van der Waals surface area contributed by atoms with Gasteiger partial charge in [0.15, 0.2) is 5.43 Å². The molecule has 1 N–H and O–H groups in total. The van der Waals surface area contributed by atoms with Crippen LogP contribution in [0.1, 0.15) is 27.7 Å². The zero-order valence-corrected chi connectivity index (χ0v) is 17.2. The summed E-state index contributed by atoms with van der Waals surface area (Å²) >= 11 is 6.25. The summed E-state index contributed by atoms with van der Waals surface area (Å²) in [6, 6.07) is 13.9. The third-order valence-corrected chi connectivity index (χ3v) is 6.18. The van der Waals surface area contributed by atoms with E-state index in [2.05, 4.69) is 0 Å². The Kier molecular flexibility index (Phi) is 5.06. The molecule has 3 aromatic rings. The fourth-order valence-corrected chi connectivity index (χ4v) is 4.61. The molecule has 0 saturated carbocycles. The quantitative estimate of drug-likeness (QED) is 0.693. The molecular formula is C23H22ClN2O4+. The molecule has 154 valence electrons. The van der Waals surface area contributed by atoms with Gasteiger partial charge in [-0.25, -0.2) is 0 Å². The number of hydrogen-bond donors (Lipinski definition) is 1. The average molecular weight is 426 g/mol. The van der Waals surface area contributed by atoms with Gasteiger partial charge in [0.1, 0.15) is 18.7 Å². The first kappa shape index (κ1) is 19.3. The highest BCUT2D eigenvalue weighted by atomic mass is 35.5. The van der Waals surface area contributed by atoms with Gasteiger partial charge in [-0.2, -0.15) is 0 Å². The van der Waals surface area contributed by atoms with Crippen LogP contribution in [0.25, 0.3) is 11.0 Å². The number of carbonyl (C=O) groups excluding carboxylic acids is 1. The van der Waals surface area contributed by atoms with Crippen LogP contribution in [0.15, 0.2) is 57.7 Å². The number of benzene rings is 2. The number of para-hydroxylation sites is 1. The molecule has 0 aliphatic carbocycles. The summed E-state index contributed by atoms with van der Waals surface area (Å²) in [5, 5.41) is 1.05. The molecule has 2 aromatic carbocycles. The molecule has 1 aromatic heterocycles. The molecule has 0 spiro atoms. The van der Waals surface area contributed by atoms with Crippen molar-refractivity contribution in [3.05, 3.63) is 80.7 Å². The molecule has 1 fully saturated rings. The number of carbonyl (C=O) groups is 1. The van der Waals surface area contributed by atoms with Crippen molar-refractivity contribution in [3.8, 4) is 0 Å². The Morgan fingerprint density at radius 1 is 1.07 bits per heavy atom. The average Bonchev–Trinajstić information content (AvgIpc) is 3.05. The van der Waals surface area contributed by atoms with Gasteiger partial charge in [0, 0.05) is 5.02 Å². The molecule has 3 heterocycles. The number of hydrogen-bond acceptors (Lipinski definition) is 4. The summed E-state index contributed by atoms with van der Waals surface area (Å²) in [7, 11) is 0. The van der Waals surface area contributed by atoms with E-state index in [-0.39, 0.29) is 17.1 Å². The predicted octanol–water partition coefficient (Wildman–Crippen LogP) is 1.91. The van der Waals surface area contributed by atoms with Crippen LogP contribution < -0.4 is 10.3 Å². The normalized spacial score (nSPS) is 19.4. The van der Waals surface area contributed by atoms with Crippen molar-refractivity contribution >= 4 is 28.5 Å². The molecular weight excluding hydrogens is 404 g/mol. The fourth-order valence-electron chi connectivity index (χ4n) is 4.41. The van der Waals surface area contributed by atoms with E-state index in [1.807, 2.05) is 18.2 Å². The van der Waals surface area contributed by atoms with Crippen LogP contribution in [0.3, 0.4) is 0 Å². The van der Waals surface area contributed by atoms with E-state index >= 15 is 0 Å². The van der Waals surface area contributed by atoms with Gasteiger partial charge in [-0.3, -0.25) is 9.59 Å². The SMILES string of the molecule is O=C1c2oc3ccccc3c(=O)c2[C@@H](c2cccc(Cl)c2)N1CC[NH+]1CCOCC1. The number of halogens is 1. The summed E-state index contributed by atoms with van der Waals surface area (Å²) in [6.07, 6.45) is 0. The van der Waals surface area contributed by atoms with Crippen molar-refractivity contribution in [1.82, 2.24) is 4.90 Å². The Labute approximate surface area is 178 Å². The van der Waals surface area contributed by atoms with Crippen LogP contribution in [-0.2, 0) is 4.74 Å². The van der Waals surface area contributed by atoms with Crippen LogP contribution in [0.4, 0.5) is 0 Å². The van der Waals surface area contributed by atoms with Crippen molar-refractivity contribution in [2.75, 3.05) is 39.4 Å². The maximum Gasteiger partial charge on any atom is 0.291 e. The molecule has 0 unspecified atom stereocenters. The Balaban J connectivity index is 1.60. The lowest BCUT2D eigenvalue weighted by Crippen LogP contribution is -3.14. The molecule has 6 nitrogen and oxygen atoms in total. The zero-order chi connectivity index (χ0) is 20.7. The van der Waals surface area contributed by atoms with Crippen molar-refractivity contribution in [2.45, 2.75) is 6.04 Å². The van der Waals surface area contributed by atoms with Crippen molar-refractivity contribution in [2.24, 2.45) is 0 Å².